The molecule has 1 N–H and O–H groups in total. The summed E-state index contributed by atoms with van der Waals surface area (Å²) >= 11 is 12.1. The Morgan fingerprint density at radius 2 is 1.74 bits per heavy atom. The maximum atomic E-state index is 13.4. The van der Waals surface area contributed by atoms with Gasteiger partial charge in [-0.25, -0.2) is 8.42 Å². The van der Waals surface area contributed by atoms with Gasteiger partial charge in [-0.1, -0.05) is 53.0 Å². The molecular weight excluding hydrogens is 499 g/mol. The lowest BCUT2D eigenvalue weighted by atomic mass is 10.2. The molecule has 0 aliphatic carbocycles. The molecule has 0 bridgehead atoms. The monoisotopic (exact) mass is 520 g/mol. The van der Waals surface area contributed by atoms with E-state index in [0.717, 1.165) is 9.87 Å². The van der Waals surface area contributed by atoms with E-state index in [0.29, 0.717) is 11.5 Å². The van der Waals surface area contributed by atoms with Crippen LogP contribution in [0.1, 0.15) is 5.56 Å². The number of rotatable bonds is 7. The minimum absolute atomic E-state index is 0.0533. The van der Waals surface area contributed by atoms with Crippen LogP contribution in [0.2, 0.25) is 10.0 Å². The Hall–Kier alpha value is -2.94. The average molecular weight is 521 g/mol. The van der Waals surface area contributed by atoms with Crippen molar-refractivity contribution < 1.29 is 22.7 Å². The first-order valence-electron chi connectivity index (χ1n) is 10.4. The van der Waals surface area contributed by atoms with Gasteiger partial charge in [-0.15, -0.1) is 0 Å². The lowest BCUT2D eigenvalue weighted by Gasteiger charge is -2.27. The molecule has 10 heteroatoms. The summed E-state index contributed by atoms with van der Waals surface area (Å²) in [5, 5.41) is 3.18. The van der Waals surface area contributed by atoms with Crippen LogP contribution in [-0.4, -0.2) is 40.1 Å². The van der Waals surface area contributed by atoms with E-state index < -0.39 is 28.6 Å². The summed E-state index contributed by atoms with van der Waals surface area (Å²) in [5.41, 5.74) is 1.13. The van der Waals surface area contributed by atoms with Gasteiger partial charge in [0.1, 0.15) is 19.3 Å². The lowest BCUT2D eigenvalue weighted by molar-refractivity contribution is -0.120. The van der Waals surface area contributed by atoms with Gasteiger partial charge in [0.15, 0.2) is 11.5 Å². The third kappa shape index (κ3) is 5.41. The van der Waals surface area contributed by atoms with E-state index in [1.165, 1.54) is 30.3 Å². The molecule has 0 radical (unpaired) electrons. The normalized spacial score (nSPS) is 15.0. The number of nitrogens with zero attached hydrogens (tertiary/aromatic N) is 1. The second kappa shape index (κ2) is 10.1. The van der Waals surface area contributed by atoms with E-state index in [9.17, 15) is 13.2 Å². The van der Waals surface area contributed by atoms with Crippen molar-refractivity contribution in [1.82, 2.24) is 5.32 Å². The number of sulfonamides is 1. The highest BCUT2D eigenvalue weighted by molar-refractivity contribution is 7.92. The number of para-hydroxylation sites is 2. The highest BCUT2D eigenvalue weighted by Gasteiger charge is 2.28. The van der Waals surface area contributed by atoms with Crippen molar-refractivity contribution in [2.24, 2.45) is 0 Å². The first-order chi connectivity index (χ1) is 16.2. The fraction of sp³-hybridized carbons (Fsp3) is 0.208. The van der Waals surface area contributed by atoms with E-state index in [1.54, 1.807) is 24.3 Å². The maximum absolute atomic E-state index is 13.4. The molecular formula is C24H22Cl2N2O5S. The quantitative estimate of drug-likeness (QED) is 0.497. The number of benzene rings is 3. The molecule has 0 saturated carbocycles. The maximum Gasteiger partial charge on any atom is 0.264 e. The molecule has 3 aromatic rings. The molecule has 1 atom stereocenters. The summed E-state index contributed by atoms with van der Waals surface area (Å²) in [6.45, 7) is 1.80. The van der Waals surface area contributed by atoms with Crippen LogP contribution in [0.25, 0.3) is 0 Å². The number of aryl methyl sites for hydroxylation is 1. The summed E-state index contributed by atoms with van der Waals surface area (Å²) in [7, 11) is -4.06. The Kier molecular flexibility index (Phi) is 7.21. The number of nitrogens with one attached hydrogen (secondary N) is 1. The Balaban J connectivity index is 1.52. The molecule has 1 aliphatic rings. The standard InChI is InChI=1S/C24H22Cl2N2O5S/c1-16-6-9-19(10-7-16)34(30,31)28(17-8-11-20(25)21(26)12-17)14-24(29)27-13-18-15-32-22-4-2-3-5-23(22)33-18/h2-12,18H,13-15H2,1H3,(H,27,29)/t18-/m1/s1. The van der Waals surface area contributed by atoms with Crippen molar-refractivity contribution in [1.29, 1.82) is 0 Å². The van der Waals surface area contributed by atoms with Gasteiger partial charge in [-0.05, 0) is 49.4 Å². The molecule has 0 spiro atoms. The van der Waals surface area contributed by atoms with Crippen molar-refractivity contribution in [3.05, 3.63) is 82.3 Å². The fourth-order valence-corrected chi connectivity index (χ4v) is 5.08. The van der Waals surface area contributed by atoms with Crippen molar-refractivity contribution >= 4 is 44.8 Å². The SMILES string of the molecule is Cc1ccc(S(=O)(=O)N(CC(=O)NC[C@@H]2COc3ccccc3O2)c2ccc(Cl)c(Cl)c2)cc1. The number of carbonyl (C=O) groups is 1. The summed E-state index contributed by atoms with van der Waals surface area (Å²) in [4.78, 5) is 12.9. The van der Waals surface area contributed by atoms with E-state index in [-0.39, 0.29) is 33.8 Å². The number of hydrogen-bond donors (Lipinski definition) is 1. The lowest BCUT2D eigenvalue weighted by Crippen LogP contribution is -2.45. The van der Waals surface area contributed by atoms with Gasteiger partial charge < -0.3 is 14.8 Å². The predicted molar refractivity (Wildman–Crippen MR) is 132 cm³/mol. The summed E-state index contributed by atoms with van der Waals surface area (Å²) in [6.07, 6.45) is -0.411. The zero-order chi connectivity index (χ0) is 24.3. The zero-order valence-corrected chi connectivity index (χ0v) is 20.5. The molecule has 4 rings (SSSR count). The molecule has 0 aromatic heterocycles. The van der Waals surface area contributed by atoms with Crippen molar-refractivity contribution in [2.75, 3.05) is 24.0 Å². The Bertz CT molecular complexity index is 1300. The van der Waals surface area contributed by atoms with Gasteiger partial charge in [0.2, 0.25) is 5.91 Å². The smallest absolute Gasteiger partial charge is 0.264 e. The van der Waals surface area contributed by atoms with Crippen molar-refractivity contribution in [3.63, 3.8) is 0 Å². The molecule has 178 valence electrons. The highest BCUT2D eigenvalue weighted by Crippen LogP contribution is 2.32. The van der Waals surface area contributed by atoms with Gasteiger partial charge in [-0.2, -0.15) is 0 Å². The number of ether oxygens (including phenoxy) is 2. The molecule has 0 saturated heterocycles. The third-order valence-corrected chi connectivity index (χ3v) is 7.71. The number of anilines is 1. The Morgan fingerprint density at radius 1 is 1.03 bits per heavy atom. The van der Waals surface area contributed by atoms with Crippen LogP contribution in [0.5, 0.6) is 11.5 Å². The van der Waals surface area contributed by atoms with Crippen LogP contribution in [0.4, 0.5) is 5.69 Å². The number of amides is 1. The van der Waals surface area contributed by atoms with Crippen molar-refractivity contribution in [3.8, 4) is 11.5 Å². The Labute approximate surface area is 208 Å². The van der Waals surface area contributed by atoms with Gasteiger partial charge in [0.05, 0.1) is 27.2 Å². The van der Waals surface area contributed by atoms with Crippen LogP contribution >= 0.6 is 23.2 Å². The van der Waals surface area contributed by atoms with Gasteiger partial charge in [0, 0.05) is 0 Å². The van der Waals surface area contributed by atoms with Gasteiger partial charge in [-0.3, -0.25) is 9.10 Å². The summed E-state index contributed by atoms with van der Waals surface area (Å²) in [6, 6.07) is 18.0. The molecule has 0 fully saturated rings. The van der Waals surface area contributed by atoms with Crippen LogP contribution in [-0.2, 0) is 14.8 Å². The Morgan fingerprint density at radius 3 is 2.44 bits per heavy atom. The van der Waals surface area contributed by atoms with Crippen LogP contribution in [0.3, 0.4) is 0 Å². The molecule has 1 aliphatic heterocycles. The number of hydrogen-bond acceptors (Lipinski definition) is 5. The van der Waals surface area contributed by atoms with E-state index in [2.05, 4.69) is 5.32 Å². The minimum atomic E-state index is -4.06. The highest BCUT2D eigenvalue weighted by atomic mass is 35.5. The topological polar surface area (TPSA) is 84.9 Å². The van der Waals surface area contributed by atoms with Gasteiger partial charge in [0.25, 0.3) is 10.0 Å². The van der Waals surface area contributed by atoms with E-state index in [4.69, 9.17) is 32.7 Å². The second-order valence-electron chi connectivity index (χ2n) is 7.72. The van der Waals surface area contributed by atoms with Crippen LogP contribution < -0.4 is 19.1 Å². The largest absolute Gasteiger partial charge is 0.486 e. The second-order valence-corrected chi connectivity index (χ2v) is 10.4. The number of carbonyl (C=O) groups excluding carboxylic acids is 1. The summed E-state index contributed by atoms with van der Waals surface area (Å²) in [5.74, 6) is 0.719. The molecule has 3 aromatic carbocycles. The zero-order valence-electron chi connectivity index (χ0n) is 18.2. The number of fused-ring (bicyclic) bond motifs is 1. The predicted octanol–water partition coefficient (Wildman–Crippen LogP) is 4.45. The molecule has 1 amide bonds. The molecule has 0 unspecified atom stereocenters. The van der Waals surface area contributed by atoms with Crippen LogP contribution in [0, 0.1) is 6.92 Å². The minimum Gasteiger partial charge on any atom is -0.486 e. The molecule has 7 nitrogen and oxygen atoms in total. The third-order valence-electron chi connectivity index (χ3n) is 5.18. The fourth-order valence-electron chi connectivity index (χ4n) is 3.37. The number of halogens is 2. The first-order valence-corrected chi connectivity index (χ1v) is 12.6. The summed E-state index contributed by atoms with van der Waals surface area (Å²) < 4.78 is 39.4. The van der Waals surface area contributed by atoms with Crippen molar-refractivity contribution in [2.45, 2.75) is 17.9 Å². The van der Waals surface area contributed by atoms with E-state index >= 15 is 0 Å². The molecule has 34 heavy (non-hydrogen) atoms. The van der Waals surface area contributed by atoms with Gasteiger partial charge >= 0.3 is 0 Å². The molecule has 1 heterocycles. The van der Waals surface area contributed by atoms with E-state index in [1.807, 2.05) is 19.1 Å². The first kappa shape index (κ1) is 24.2. The average Bonchev–Trinajstić information content (AvgIpc) is 2.83. The van der Waals surface area contributed by atoms with Crippen LogP contribution in [0.15, 0.2) is 71.6 Å².